The maximum Gasteiger partial charge on any atom is 0.254 e. The number of nitrogens with zero attached hydrogens (tertiary/aromatic N) is 5. The Morgan fingerprint density at radius 3 is 2.52 bits per heavy atom. The number of amides is 1. The van der Waals surface area contributed by atoms with E-state index in [1.165, 1.54) is 0 Å². The largest absolute Gasteiger partial charge is 0.378 e. The van der Waals surface area contributed by atoms with E-state index in [1.54, 1.807) is 0 Å². The molecule has 2 aromatic rings. The fraction of sp³-hybridized carbons (Fsp3) is 0.421. The Balaban J connectivity index is 1.40. The van der Waals surface area contributed by atoms with Crippen molar-refractivity contribution in [1.82, 2.24) is 14.9 Å². The second-order valence-electron chi connectivity index (χ2n) is 6.60. The molecule has 0 radical (unpaired) electrons. The molecular formula is C19H22IN5O2. The third-order valence-corrected chi connectivity index (χ3v) is 5.56. The van der Waals surface area contributed by atoms with Crippen molar-refractivity contribution in [2.24, 2.45) is 0 Å². The molecule has 27 heavy (non-hydrogen) atoms. The van der Waals surface area contributed by atoms with E-state index in [0.717, 1.165) is 47.1 Å². The van der Waals surface area contributed by atoms with Crippen molar-refractivity contribution in [2.45, 2.75) is 0 Å². The second-order valence-corrected chi connectivity index (χ2v) is 7.85. The van der Waals surface area contributed by atoms with Crippen LogP contribution in [0.2, 0.25) is 0 Å². The molecule has 1 aromatic heterocycles. The molecular weight excluding hydrogens is 457 g/mol. The van der Waals surface area contributed by atoms with Crippen LogP contribution in [-0.4, -0.2) is 73.3 Å². The van der Waals surface area contributed by atoms with Crippen LogP contribution in [0.4, 0.5) is 11.8 Å². The highest BCUT2D eigenvalue weighted by atomic mass is 127. The van der Waals surface area contributed by atoms with Gasteiger partial charge in [0, 0.05) is 54.6 Å². The molecule has 3 heterocycles. The number of rotatable bonds is 3. The summed E-state index contributed by atoms with van der Waals surface area (Å²) in [6, 6.07) is 9.70. The lowest BCUT2D eigenvalue weighted by atomic mass is 10.2. The maximum absolute atomic E-state index is 12.7. The first-order valence-electron chi connectivity index (χ1n) is 9.16. The van der Waals surface area contributed by atoms with E-state index < -0.39 is 0 Å². The highest BCUT2D eigenvalue weighted by Crippen LogP contribution is 2.19. The van der Waals surface area contributed by atoms with Crippen LogP contribution in [0, 0.1) is 3.57 Å². The number of benzene rings is 1. The molecule has 1 amide bonds. The summed E-state index contributed by atoms with van der Waals surface area (Å²) in [5, 5.41) is 0. The molecule has 2 fully saturated rings. The van der Waals surface area contributed by atoms with Crippen molar-refractivity contribution < 1.29 is 9.53 Å². The zero-order valence-corrected chi connectivity index (χ0v) is 17.2. The third kappa shape index (κ3) is 4.32. The number of carbonyl (C=O) groups is 1. The number of carbonyl (C=O) groups excluding carboxylic acids is 1. The lowest BCUT2D eigenvalue weighted by Gasteiger charge is -2.36. The number of anilines is 2. The van der Waals surface area contributed by atoms with Gasteiger partial charge in [0.15, 0.2) is 0 Å². The highest BCUT2D eigenvalue weighted by Gasteiger charge is 2.24. The summed E-state index contributed by atoms with van der Waals surface area (Å²) in [7, 11) is 0. The van der Waals surface area contributed by atoms with Crippen LogP contribution in [0.3, 0.4) is 0 Å². The maximum atomic E-state index is 12.7. The number of morpholine rings is 1. The van der Waals surface area contributed by atoms with Gasteiger partial charge < -0.3 is 19.4 Å². The van der Waals surface area contributed by atoms with Gasteiger partial charge in [-0.25, -0.2) is 4.98 Å². The number of piperazine rings is 1. The highest BCUT2D eigenvalue weighted by molar-refractivity contribution is 14.1. The van der Waals surface area contributed by atoms with Crippen LogP contribution < -0.4 is 9.80 Å². The van der Waals surface area contributed by atoms with Gasteiger partial charge in [-0.1, -0.05) is 6.07 Å². The van der Waals surface area contributed by atoms with E-state index in [0.29, 0.717) is 26.3 Å². The molecule has 8 heteroatoms. The number of aromatic nitrogens is 2. The van der Waals surface area contributed by atoms with Gasteiger partial charge >= 0.3 is 0 Å². The van der Waals surface area contributed by atoms with Gasteiger partial charge in [0.05, 0.1) is 13.2 Å². The Hall–Kier alpha value is -1.94. The molecule has 2 saturated heterocycles. The van der Waals surface area contributed by atoms with Gasteiger partial charge in [0.2, 0.25) is 5.95 Å². The van der Waals surface area contributed by atoms with Crippen LogP contribution in [0.15, 0.2) is 36.5 Å². The smallest absolute Gasteiger partial charge is 0.254 e. The summed E-state index contributed by atoms with van der Waals surface area (Å²) >= 11 is 2.24. The third-order valence-electron chi connectivity index (χ3n) is 4.88. The van der Waals surface area contributed by atoms with Crippen LogP contribution in [-0.2, 0) is 4.74 Å². The van der Waals surface area contributed by atoms with Crippen molar-refractivity contribution in [2.75, 3.05) is 62.3 Å². The predicted molar refractivity (Wildman–Crippen MR) is 112 cm³/mol. The fourth-order valence-corrected chi connectivity index (χ4v) is 3.92. The number of hydrogen-bond acceptors (Lipinski definition) is 6. The Morgan fingerprint density at radius 2 is 1.78 bits per heavy atom. The molecule has 0 spiro atoms. The fourth-order valence-electron chi connectivity index (χ4n) is 3.37. The standard InChI is InChI=1S/C19H22IN5O2/c20-16-3-1-2-15(14-16)18(26)24-8-6-23(7-9-24)17-4-5-21-19(22-17)25-10-12-27-13-11-25/h1-5,14H,6-13H2. The van der Waals surface area contributed by atoms with E-state index in [9.17, 15) is 4.79 Å². The molecule has 4 rings (SSSR count). The minimum absolute atomic E-state index is 0.102. The molecule has 0 N–H and O–H groups in total. The van der Waals surface area contributed by atoms with Crippen LogP contribution in [0.1, 0.15) is 10.4 Å². The zero-order valence-electron chi connectivity index (χ0n) is 15.1. The minimum Gasteiger partial charge on any atom is -0.378 e. The first-order chi connectivity index (χ1) is 13.2. The minimum atomic E-state index is 0.102. The number of hydrogen-bond donors (Lipinski definition) is 0. The summed E-state index contributed by atoms with van der Waals surface area (Å²) in [5.74, 6) is 1.78. The summed E-state index contributed by atoms with van der Waals surface area (Å²) < 4.78 is 6.48. The summed E-state index contributed by atoms with van der Waals surface area (Å²) in [5.41, 5.74) is 0.756. The molecule has 7 nitrogen and oxygen atoms in total. The van der Waals surface area contributed by atoms with Crippen LogP contribution in [0.25, 0.3) is 0 Å². The molecule has 0 bridgehead atoms. The quantitative estimate of drug-likeness (QED) is 0.627. The van der Waals surface area contributed by atoms with E-state index in [1.807, 2.05) is 41.4 Å². The normalized spacial score (nSPS) is 17.9. The molecule has 0 atom stereocenters. The molecule has 1 aromatic carbocycles. The van der Waals surface area contributed by atoms with Crippen molar-refractivity contribution >= 4 is 40.3 Å². The Bertz CT molecular complexity index is 804. The predicted octanol–water partition coefficient (Wildman–Crippen LogP) is 1.88. The number of ether oxygens (including phenoxy) is 1. The van der Waals surface area contributed by atoms with Gasteiger partial charge in [-0.3, -0.25) is 4.79 Å². The van der Waals surface area contributed by atoms with Gasteiger partial charge in [-0.05, 0) is 46.9 Å². The van der Waals surface area contributed by atoms with Gasteiger partial charge in [-0.15, -0.1) is 0 Å². The summed E-state index contributed by atoms with van der Waals surface area (Å²) in [6.07, 6.45) is 1.82. The first-order valence-corrected chi connectivity index (χ1v) is 10.2. The summed E-state index contributed by atoms with van der Waals surface area (Å²) in [4.78, 5) is 28.2. The molecule has 0 saturated carbocycles. The average molecular weight is 479 g/mol. The van der Waals surface area contributed by atoms with Crippen molar-refractivity contribution in [3.63, 3.8) is 0 Å². The Labute approximate surface area is 172 Å². The molecule has 0 unspecified atom stereocenters. The Kier molecular flexibility index (Phi) is 5.72. The van der Waals surface area contributed by atoms with Gasteiger partial charge in [-0.2, -0.15) is 4.98 Å². The lowest BCUT2D eigenvalue weighted by Crippen LogP contribution is -2.49. The SMILES string of the molecule is O=C(c1cccc(I)c1)N1CCN(c2ccnc(N3CCOCC3)n2)CC1. The molecule has 2 aliphatic heterocycles. The van der Waals surface area contributed by atoms with E-state index in [4.69, 9.17) is 9.72 Å². The van der Waals surface area contributed by atoms with E-state index in [-0.39, 0.29) is 5.91 Å². The van der Waals surface area contributed by atoms with Gasteiger partial charge in [0.25, 0.3) is 5.91 Å². The van der Waals surface area contributed by atoms with Gasteiger partial charge in [0.1, 0.15) is 5.82 Å². The average Bonchev–Trinajstić information content (AvgIpc) is 2.74. The van der Waals surface area contributed by atoms with Crippen LogP contribution >= 0.6 is 22.6 Å². The van der Waals surface area contributed by atoms with E-state index in [2.05, 4.69) is 37.4 Å². The van der Waals surface area contributed by atoms with E-state index >= 15 is 0 Å². The number of halogens is 1. The zero-order chi connectivity index (χ0) is 18.6. The monoisotopic (exact) mass is 479 g/mol. The Morgan fingerprint density at radius 1 is 1.00 bits per heavy atom. The summed E-state index contributed by atoms with van der Waals surface area (Å²) in [6.45, 7) is 6.01. The molecule has 2 aliphatic rings. The van der Waals surface area contributed by atoms with Crippen molar-refractivity contribution in [3.8, 4) is 0 Å². The molecule has 142 valence electrons. The first kappa shape index (κ1) is 18.4. The molecule has 0 aliphatic carbocycles. The second kappa shape index (κ2) is 8.39. The topological polar surface area (TPSA) is 61.8 Å². The van der Waals surface area contributed by atoms with Crippen molar-refractivity contribution in [3.05, 3.63) is 45.7 Å². The van der Waals surface area contributed by atoms with Crippen molar-refractivity contribution in [1.29, 1.82) is 0 Å². The lowest BCUT2D eigenvalue weighted by molar-refractivity contribution is 0.0746. The van der Waals surface area contributed by atoms with Crippen LogP contribution in [0.5, 0.6) is 0 Å².